The number of aromatic nitrogens is 2. The van der Waals surface area contributed by atoms with Gasteiger partial charge in [0.2, 0.25) is 5.91 Å². The Hall–Kier alpha value is -1.44. The van der Waals surface area contributed by atoms with E-state index in [0.29, 0.717) is 25.3 Å². The number of hydrogen-bond donors (Lipinski definition) is 3. The van der Waals surface area contributed by atoms with Crippen LogP contribution in [0.5, 0.6) is 0 Å². The number of hydrogen-bond acceptors (Lipinski definition) is 5. The number of aliphatic hydroxyl groups is 2. The maximum atomic E-state index is 12.1. The summed E-state index contributed by atoms with van der Waals surface area (Å²) in [5.41, 5.74) is -0.516. The standard InChI is InChI=1S/C15H26N4O3/c1-3-6-15(11-20)10-19(8-4-12(15)21)9-14(22)16-13-5-7-18(2)17-13/h5,7,12,20-21H,3-4,6,8-11H2,1-2H3,(H,16,17,22)/t12-,15-/m0/s1. The van der Waals surface area contributed by atoms with Gasteiger partial charge < -0.3 is 15.5 Å². The molecule has 3 N–H and O–H groups in total. The van der Waals surface area contributed by atoms with E-state index in [1.54, 1.807) is 24.0 Å². The van der Waals surface area contributed by atoms with Crippen LogP contribution in [0.3, 0.4) is 0 Å². The molecule has 1 aliphatic heterocycles. The number of nitrogens with zero attached hydrogens (tertiary/aromatic N) is 3. The van der Waals surface area contributed by atoms with Crippen molar-refractivity contribution in [1.29, 1.82) is 0 Å². The minimum Gasteiger partial charge on any atom is -0.396 e. The van der Waals surface area contributed by atoms with E-state index in [1.165, 1.54) is 0 Å². The average molecular weight is 310 g/mol. The predicted molar refractivity (Wildman–Crippen MR) is 83.3 cm³/mol. The minimum absolute atomic E-state index is 0.0552. The van der Waals surface area contributed by atoms with Gasteiger partial charge in [-0.05, 0) is 12.8 Å². The summed E-state index contributed by atoms with van der Waals surface area (Å²) in [6, 6.07) is 1.74. The molecular formula is C15H26N4O3. The van der Waals surface area contributed by atoms with Crippen molar-refractivity contribution in [3.05, 3.63) is 12.3 Å². The highest BCUT2D eigenvalue weighted by atomic mass is 16.3. The van der Waals surface area contributed by atoms with E-state index in [0.717, 1.165) is 12.8 Å². The van der Waals surface area contributed by atoms with E-state index >= 15 is 0 Å². The second-order valence-corrected chi connectivity index (χ2v) is 6.21. The van der Waals surface area contributed by atoms with Gasteiger partial charge in [0.15, 0.2) is 5.82 Å². The molecule has 1 aromatic rings. The molecule has 124 valence electrons. The molecule has 1 aromatic heterocycles. The molecule has 7 heteroatoms. The van der Waals surface area contributed by atoms with E-state index in [1.807, 2.05) is 11.8 Å². The van der Waals surface area contributed by atoms with Crippen LogP contribution in [0.4, 0.5) is 5.82 Å². The van der Waals surface area contributed by atoms with Gasteiger partial charge in [0.25, 0.3) is 0 Å². The Kier molecular flexibility index (Phi) is 5.55. The molecule has 0 aromatic carbocycles. The summed E-state index contributed by atoms with van der Waals surface area (Å²) in [4.78, 5) is 14.1. The molecule has 0 unspecified atom stereocenters. The van der Waals surface area contributed by atoms with E-state index in [2.05, 4.69) is 10.4 Å². The van der Waals surface area contributed by atoms with Crippen molar-refractivity contribution in [3.8, 4) is 0 Å². The van der Waals surface area contributed by atoms with Crippen LogP contribution < -0.4 is 5.32 Å². The number of aliphatic hydroxyl groups excluding tert-OH is 2. The Balaban J connectivity index is 1.93. The minimum atomic E-state index is -0.516. The highest BCUT2D eigenvalue weighted by molar-refractivity contribution is 5.91. The molecule has 22 heavy (non-hydrogen) atoms. The maximum Gasteiger partial charge on any atom is 0.239 e. The third kappa shape index (κ3) is 3.85. The number of piperidine rings is 1. The summed E-state index contributed by atoms with van der Waals surface area (Å²) in [5.74, 6) is 0.407. The smallest absolute Gasteiger partial charge is 0.239 e. The van der Waals surface area contributed by atoms with Gasteiger partial charge >= 0.3 is 0 Å². The summed E-state index contributed by atoms with van der Waals surface area (Å²) in [5, 5.41) is 26.9. The Labute approximate surface area is 130 Å². The zero-order valence-electron chi connectivity index (χ0n) is 13.3. The van der Waals surface area contributed by atoms with Crippen molar-refractivity contribution < 1.29 is 15.0 Å². The molecule has 0 saturated carbocycles. The molecule has 0 spiro atoms. The quantitative estimate of drug-likeness (QED) is 0.698. The van der Waals surface area contributed by atoms with Crippen molar-refractivity contribution >= 4 is 11.7 Å². The first-order valence-corrected chi connectivity index (χ1v) is 7.80. The van der Waals surface area contributed by atoms with E-state index in [-0.39, 0.29) is 19.1 Å². The first-order valence-electron chi connectivity index (χ1n) is 7.80. The van der Waals surface area contributed by atoms with Crippen LogP contribution in [0.2, 0.25) is 0 Å². The molecule has 1 aliphatic rings. The highest BCUT2D eigenvalue weighted by Gasteiger charge is 2.41. The number of amides is 1. The van der Waals surface area contributed by atoms with Crippen molar-refractivity contribution in [3.63, 3.8) is 0 Å². The normalized spacial score (nSPS) is 26.1. The molecule has 7 nitrogen and oxygen atoms in total. The number of rotatable bonds is 6. The zero-order valence-corrected chi connectivity index (χ0v) is 13.3. The number of carbonyl (C=O) groups excluding carboxylic acids is 1. The Morgan fingerprint density at radius 2 is 2.36 bits per heavy atom. The summed E-state index contributed by atoms with van der Waals surface area (Å²) in [6.07, 6.45) is 3.49. The van der Waals surface area contributed by atoms with Gasteiger partial charge in [-0.2, -0.15) is 5.10 Å². The molecule has 2 atom stereocenters. The molecular weight excluding hydrogens is 284 g/mol. The maximum absolute atomic E-state index is 12.1. The van der Waals surface area contributed by atoms with Gasteiger partial charge in [0.1, 0.15) is 0 Å². The van der Waals surface area contributed by atoms with Gasteiger partial charge in [-0.25, -0.2) is 0 Å². The molecule has 0 aliphatic carbocycles. The zero-order chi connectivity index (χ0) is 16.2. The fourth-order valence-electron chi connectivity index (χ4n) is 3.22. The van der Waals surface area contributed by atoms with Gasteiger partial charge in [-0.3, -0.25) is 14.4 Å². The van der Waals surface area contributed by atoms with Gasteiger partial charge in [0.05, 0.1) is 19.3 Å². The van der Waals surface area contributed by atoms with Crippen LogP contribution in [0.1, 0.15) is 26.2 Å². The third-order valence-electron chi connectivity index (χ3n) is 4.38. The Morgan fingerprint density at radius 3 is 2.95 bits per heavy atom. The number of anilines is 1. The fourth-order valence-corrected chi connectivity index (χ4v) is 3.22. The van der Waals surface area contributed by atoms with Crippen molar-refractivity contribution in [1.82, 2.24) is 14.7 Å². The van der Waals surface area contributed by atoms with Crippen LogP contribution in [-0.2, 0) is 11.8 Å². The molecule has 0 radical (unpaired) electrons. The van der Waals surface area contributed by atoms with E-state index in [9.17, 15) is 15.0 Å². The largest absolute Gasteiger partial charge is 0.396 e. The number of aryl methyl sites for hydroxylation is 1. The van der Waals surface area contributed by atoms with Crippen molar-refractivity contribution in [2.24, 2.45) is 12.5 Å². The molecule has 1 amide bonds. The van der Waals surface area contributed by atoms with Crippen LogP contribution in [0, 0.1) is 5.41 Å². The third-order valence-corrected chi connectivity index (χ3v) is 4.38. The highest BCUT2D eigenvalue weighted by Crippen LogP contribution is 2.34. The summed E-state index contributed by atoms with van der Waals surface area (Å²) in [6.45, 7) is 3.42. The fraction of sp³-hybridized carbons (Fsp3) is 0.733. The van der Waals surface area contributed by atoms with Crippen LogP contribution in [0.15, 0.2) is 12.3 Å². The second kappa shape index (κ2) is 7.21. The van der Waals surface area contributed by atoms with Crippen molar-refractivity contribution in [2.45, 2.75) is 32.3 Å². The van der Waals surface area contributed by atoms with Gasteiger partial charge in [0, 0.05) is 37.8 Å². The topological polar surface area (TPSA) is 90.6 Å². The monoisotopic (exact) mass is 310 g/mol. The molecule has 2 heterocycles. The lowest BCUT2D eigenvalue weighted by Gasteiger charge is -2.45. The molecule has 0 bridgehead atoms. The first kappa shape index (κ1) is 16.9. The molecule has 2 rings (SSSR count). The predicted octanol–water partition coefficient (Wildman–Crippen LogP) is 0.204. The molecule has 1 fully saturated rings. The van der Waals surface area contributed by atoms with Crippen molar-refractivity contribution in [2.75, 3.05) is 31.6 Å². The van der Waals surface area contributed by atoms with Gasteiger partial charge in [-0.1, -0.05) is 13.3 Å². The Morgan fingerprint density at radius 1 is 1.59 bits per heavy atom. The first-order chi connectivity index (χ1) is 10.5. The second-order valence-electron chi connectivity index (χ2n) is 6.21. The lowest BCUT2D eigenvalue weighted by molar-refractivity contribution is -0.121. The number of likely N-dealkylation sites (tertiary alicyclic amines) is 1. The average Bonchev–Trinajstić information content (AvgIpc) is 2.88. The lowest BCUT2D eigenvalue weighted by atomic mass is 9.74. The Bertz CT molecular complexity index is 505. The van der Waals surface area contributed by atoms with E-state index < -0.39 is 11.5 Å². The summed E-state index contributed by atoms with van der Waals surface area (Å²) >= 11 is 0. The van der Waals surface area contributed by atoms with E-state index in [4.69, 9.17) is 0 Å². The van der Waals surface area contributed by atoms with Crippen LogP contribution >= 0.6 is 0 Å². The summed E-state index contributed by atoms with van der Waals surface area (Å²) in [7, 11) is 1.79. The number of carbonyl (C=O) groups is 1. The SMILES string of the molecule is CCC[C@@]1(CO)CN(CC(=O)Nc2ccn(C)n2)CC[C@@H]1O. The molecule has 1 saturated heterocycles. The lowest BCUT2D eigenvalue weighted by Crippen LogP contribution is -2.55. The van der Waals surface area contributed by atoms with Crippen LogP contribution in [-0.4, -0.2) is 63.1 Å². The van der Waals surface area contributed by atoms with Gasteiger partial charge in [-0.15, -0.1) is 0 Å². The summed E-state index contributed by atoms with van der Waals surface area (Å²) < 4.78 is 1.63. The van der Waals surface area contributed by atoms with Crippen LogP contribution in [0.25, 0.3) is 0 Å². The number of nitrogens with one attached hydrogen (secondary N) is 1.